The zero-order chi connectivity index (χ0) is 14.7. The van der Waals surface area contributed by atoms with Gasteiger partial charge in [0.15, 0.2) is 0 Å². The predicted molar refractivity (Wildman–Crippen MR) is 87.0 cm³/mol. The maximum absolute atomic E-state index is 4.64. The Morgan fingerprint density at radius 3 is 2.62 bits per heavy atom. The van der Waals surface area contributed by atoms with Crippen LogP contribution in [0.1, 0.15) is 47.8 Å². The molecule has 0 bridgehead atoms. The number of nitrogens with one attached hydrogen (secondary N) is 2. The van der Waals surface area contributed by atoms with Crippen molar-refractivity contribution >= 4 is 23.0 Å². The predicted octanol–water partition coefficient (Wildman–Crippen LogP) is 3.55. The molecule has 3 rings (SSSR count). The molecule has 2 aromatic rings. The minimum atomic E-state index is 0.552. The van der Waals surface area contributed by atoms with Gasteiger partial charge in [0.05, 0.1) is 6.54 Å². The van der Waals surface area contributed by atoms with Crippen molar-refractivity contribution in [2.24, 2.45) is 0 Å². The topological polar surface area (TPSA) is 62.7 Å². The molecule has 0 saturated heterocycles. The molecule has 1 saturated carbocycles. The molecular weight excluding hydrogens is 282 g/mol. The normalized spacial score (nSPS) is 14.2. The van der Waals surface area contributed by atoms with E-state index in [4.69, 9.17) is 0 Å². The van der Waals surface area contributed by atoms with Gasteiger partial charge in [-0.3, -0.25) is 0 Å². The zero-order valence-corrected chi connectivity index (χ0v) is 13.3. The maximum Gasteiger partial charge on any atom is 0.136 e. The van der Waals surface area contributed by atoms with Gasteiger partial charge in [-0.05, 0) is 26.2 Å². The van der Waals surface area contributed by atoms with Crippen LogP contribution in [-0.2, 0) is 6.54 Å². The Bertz CT molecular complexity index is 606. The Balaban J connectivity index is 1.71. The molecule has 0 amide bonds. The SMILES string of the molecule is CCCNc1cc(NCc2ncc(C)s2)nc(C2CC2)n1. The van der Waals surface area contributed by atoms with Crippen LogP contribution >= 0.6 is 11.3 Å². The molecule has 2 heterocycles. The number of anilines is 2. The third-order valence-corrected chi connectivity index (χ3v) is 4.24. The minimum Gasteiger partial charge on any atom is -0.370 e. The van der Waals surface area contributed by atoms with E-state index in [1.54, 1.807) is 11.3 Å². The van der Waals surface area contributed by atoms with E-state index in [0.717, 1.165) is 35.4 Å². The quantitative estimate of drug-likeness (QED) is 0.819. The van der Waals surface area contributed by atoms with Gasteiger partial charge in [0.2, 0.25) is 0 Å². The second-order valence-corrected chi connectivity index (χ2v) is 6.74. The molecule has 2 aromatic heterocycles. The van der Waals surface area contributed by atoms with Crippen LogP contribution in [0.2, 0.25) is 0 Å². The third kappa shape index (κ3) is 3.91. The minimum absolute atomic E-state index is 0.552. The van der Waals surface area contributed by atoms with Gasteiger partial charge in [0, 0.05) is 29.6 Å². The molecule has 21 heavy (non-hydrogen) atoms. The molecule has 6 heteroatoms. The van der Waals surface area contributed by atoms with Gasteiger partial charge in [0.1, 0.15) is 22.5 Å². The van der Waals surface area contributed by atoms with E-state index in [1.165, 1.54) is 17.7 Å². The first-order valence-corrected chi connectivity index (χ1v) is 8.34. The van der Waals surface area contributed by atoms with Crippen LogP contribution in [0.5, 0.6) is 0 Å². The number of hydrogen-bond donors (Lipinski definition) is 2. The fourth-order valence-corrected chi connectivity index (χ4v) is 2.80. The summed E-state index contributed by atoms with van der Waals surface area (Å²) >= 11 is 1.72. The van der Waals surface area contributed by atoms with Crippen LogP contribution in [0.25, 0.3) is 0 Å². The van der Waals surface area contributed by atoms with Crippen molar-refractivity contribution in [3.63, 3.8) is 0 Å². The van der Waals surface area contributed by atoms with Crippen LogP contribution in [0, 0.1) is 6.92 Å². The van der Waals surface area contributed by atoms with Gasteiger partial charge in [-0.1, -0.05) is 6.92 Å². The number of rotatable bonds is 7. The van der Waals surface area contributed by atoms with E-state index in [2.05, 4.69) is 39.4 Å². The summed E-state index contributed by atoms with van der Waals surface area (Å²) in [6.07, 6.45) is 5.42. The van der Waals surface area contributed by atoms with E-state index in [-0.39, 0.29) is 0 Å². The lowest BCUT2D eigenvalue weighted by atomic mass is 10.3. The first-order valence-electron chi connectivity index (χ1n) is 7.52. The van der Waals surface area contributed by atoms with Gasteiger partial charge >= 0.3 is 0 Å². The molecule has 0 aromatic carbocycles. The van der Waals surface area contributed by atoms with E-state index >= 15 is 0 Å². The average Bonchev–Trinajstić information content (AvgIpc) is 3.26. The largest absolute Gasteiger partial charge is 0.370 e. The molecule has 0 spiro atoms. The highest BCUT2D eigenvalue weighted by atomic mass is 32.1. The van der Waals surface area contributed by atoms with Gasteiger partial charge < -0.3 is 10.6 Å². The fourth-order valence-electron chi connectivity index (χ4n) is 2.07. The van der Waals surface area contributed by atoms with Crippen LogP contribution in [0.4, 0.5) is 11.6 Å². The number of hydrogen-bond acceptors (Lipinski definition) is 6. The summed E-state index contributed by atoms with van der Waals surface area (Å²) in [6.45, 7) is 5.88. The Morgan fingerprint density at radius 2 is 2.00 bits per heavy atom. The van der Waals surface area contributed by atoms with Crippen LogP contribution < -0.4 is 10.6 Å². The van der Waals surface area contributed by atoms with Crippen molar-refractivity contribution in [1.82, 2.24) is 15.0 Å². The van der Waals surface area contributed by atoms with Gasteiger partial charge in [-0.2, -0.15) is 0 Å². The van der Waals surface area contributed by atoms with Gasteiger partial charge in [-0.15, -0.1) is 11.3 Å². The summed E-state index contributed by atoms with van der Waals surface area (Å²) in [7, 11) is 0. The summed E-state index contributed by atoms with van der Waals surface area (Å²) in [5, 5.41) is 7.81. The highest BCUT2D eigenvalue weighted by Crippen LogP contribution is 2.38. The Kier molecular flexibility index (Phi) is 4.34. The van der Waals surface area contributed by atoms with E-state index in [1.807, 2.05) is 12.3 Å². The highest BCUT2D eigenvalue weighted by Gasteiger charge is 2.27. The monoisotopic (exact) mass is 303 g/mol. The van der Waals surface area contributed by atoms with Crippen molar-refractivity contribution in [3.05, 3.63) is 28.0 Å². The van der Waals surface area contributed by atoms with Crippen molar-refractivity contribution in [2.45, 2.75) is 45.6 Å². The third-order valence-electron chi connectivity index (χ3n) is 3.33. The summed E-state index contributed by atoms with van der Waals surface area (Å²) in [5.41, 5.74) is 0. The van der Waals surface area contributed by atoms with Gasteiger partial charge in [0.25, 0.3) is 0 Å². The van der Waals surface area contributed by atoms with Crippen molar-refractivity contribution in [2.75, 3.05) is 17.2 Å². The lowest BCUT2D eigenvalue weighted by molar-refractivity contribution is 0.904. The molecule has 0 aliphatic heterocycles. The Hall–Kier alpha value is -1.69. The number of nitrogens with zero attached hydrogens (tertiary/aromatic N) is 3. The molecule has 0 atom stereocenters. The number of aryl methyl sites for hydroxylation is 1. The number of aromatic nitrogens is 3. The van der Waals surface area contributed by atoms with E-state index < -0.39 is 0 Å². The summed E-state index contributed by atoms with van der Waals surface area (Å²) in [6, 6.07) is 1.99. The lowest BCUT2D eigenvalue weighted by Gasteiger charge is -2.10. The first kappa shape index (κ1) is 14.3. The molecule has 1 aliphatic rings. The fraction of sp³-hybridized carbons (Fsp3) is 0.533. The zero-order valence-electron chi connectivity index (χ0n) is 12.5. The standard InChI is InChI=1S/C15H21N5S/c1-3-6-16-12-7-13(20-15(19-12)11-4-5-11)17-9-14-18-8-10(2)21-14/h7-8,11H,3-6,9H2,1-2H3,(H2,16,17,19,20). The van der Waals surface area contributed by atoms with Crippen LogP contribution in [0.15, 0.2) is 12.3 Å². The molecule has 2 N–H and O–H groups in total. The summed E-state index contributed by atoms with van der Waals surface area (Å²) in [5.74, 6) is 3.33. The molecule has 0 radical (unpaired) electrons. The highest BCUT2D eigenvalue weighted by molar-refractivity contribution is 7.11. The second kappa shape index (κ2) is 6.39. The molecule has 0 unspecified atom stereocenters. The molecule has 112 valence electrons. The summed E-state index contributed by atoms with van der Waals surface area (Å²) in [4.78, 5) is 14.9. The Morgan fingerprint density at radius 1 is 1.24 bits per heavy atom. The lowest BCUT2D eigenvalue weighted by Crippen LogP contribution is -2.08. The van der Waals surface area contributed by atoms with Crippen LogP contribution in [-0.4, -0.2) is 21.5 Å². The van der Waals surface area contributed by atoms with Crippen molar-refractivity contribution < 1.29 is 0 Å². The second-order valence-electron chi connectivity index (χ2n) is 5.42. The molecule has 1 aliphatic carbocycles. The van der Waals surface area contributed by atoms with E-state index in [0.29, 0.717) is 12.5 Å². The maximum atomic E-state index is 4.64. The molecular formula is C15H21N5S. The van der Waals surface area contributed by atoms with Crippen molar-refractivity contribution in [3.8, 4) is 0 Å². The summed E-state index contributed by atoms with van der Waals surface area (Å²) < 4.78 is 0. The molecule has 1 fully saturated rings. The van der Waals surface area contributed by atoms with Crippen molar-refractivity contribution in [1.29, 1.82) is 0 Å². The van der Waals surface area contributed by atoms with Gasteiger partial charge in [-0.25, -0.2) is 15.0 Å². The Labute approximate surface area is 129 Å². The number of thiazole rings is 1. The smallest absolute Gasteiger partial charge is 0.136 e. The first-order chi connectivity index (χ1) is 10.2. The van der Waals surface area contributed by atoms with Crippen LogP contribution in [0.3, 0.4) is 0 Å². The van der Waals surface area contributed by atoms with E-state index in [9.17, 15) is 0 Å². The molecule has 5 nitrogen and oxygen atoms in total. The average molecular weight is 303 g/mol.